The standard InChI is InChI=1S/C12H22N2O2/c1-12(2,3)16-11(15)14-10-5-4-8-6-13-7-9(8)10/h8-10,13H,4-7H2,1-3H3,(H,14,15)/t8-,9+,10+/m0/s1. The van der Waals surface area contributed by atoms with Gasteiger partial charge in [-0.1, -0.05) is 0 Å². The Kier molecular flexibility index (Phi) is 3.10. The van der Waals surface area contributed by atoms with Gasteiger partial charge in [-0.25, -0.2) is 4.79 Å². The normalized spacial score (nSPS) is 33.6. The Bertz CT molecular complexity index is 273. The quantitative estimate of drug-likeness (QED) is 0.712. The zero-order valence-electron chi connectivity index (χ0n) is 10.4. The van der Waals surface area contributed by atoms with Crippen LogP contribution in [0.15, 0.2) is 0 Å². The highest BCUT2D eigenvalue weighted by Gasteiger charge is 2.40. The molecule has 0 aromatic carbocycles. The molecule has 1 aliphatic heterocycles. The molecule has 1 heterocycles. The van der Waals surface area contributed by atoms with Crippen molar-refractivity contribution in [1.82, 2.24) is 10.6 Å². The van der Waals surface area contributed by atoms with E-state index in [2.05, 4.69) is 10.6 Å². The van der Waals surface area contributed by atoms with Crippen LogP contribution in [-0.2, 0) is 4.74 Å². The summed E-state index contributed by atoms with van der Waals surface area (Å²) in [5.41, 5.74) is -0.407. The number of carbonyl (C=O) groups excluding carboxylic acids is 1. The average Bonchev–Trinajstić information content (AvgIpc) is 2.66. The molecule has 92 valence electrons. The Morgan fingerprint density at radius 2 is 2.06 bits per heavy atom. The van der Waals surface area contributed by atoms with E-state index in [0.29, 0.717) is 12.0 Å². The molecule has 2 rings (SSSR count). The van der Waals surface area contributed by atoms with Crippen LogP contribution < -0.4 is 10.6 Å². The largest absolute Gasteiger partial charge is 0.444 e. The van der Waals surface area contributed by atoms with Crippen LogP contribution in [0.2, 0.25) is 0 Å². The molecule has 0 aromatic rings. The Labute approximate surface area is 97.1 Å². The highest BCUT2D eigenvalue weighted by atomic mass is 16.6. The molecule has 2 fully saturated rings. The van der Waals surface area contributed by atoms with Gasteiger partial charge in [0.2, 0.25) is 0 Å². The first-order chi connectivity index (χ1) is 7.46. The summed E-state index contributed by atoms with van der Waals surface area (Å²) in [7, 11) is 0. The lowest BCUT2D eigenvalue weighted by atomic mass is 9.98. The van der Waals surface area contributed by atoms with Crippen LogP contribution in [0, 0.1) is 11.8 Å². The monoisotopic (exact) mass is 226 g/mol. The lowest BCUT2D eigenvalue weighted by molar-refractivity contribution is 0.0493. The number of hydrogen-bond donors (Lipinski definition) is 2. The van der Waals surface area contributed by atoms with Crippen molar-refractivity contribution in [2.24, 2.45) is 11.8 Å². The van der Waals surface area contributed by atoms with E-state index in [1.54, 1.807) is 0 Å². The Morgan fingerprint density at radius 1 is 1.31 bits per heavy atom. The van der Waals surface area contributed by atoms with Gasteiger partial charge in [-0.3, -0.25) is 0 Å². The van der Waals surface area contributed by atoms with Crippen molar-refractivity contribution in [1.29, 1.82) is 0 Å². The average molecular weight is 226 g/mol. The molecule has 0 spiro atoms. The molecule has 4 nitrogen and oxygen atoms in total. The molecular formula is C12H22N2O2. The van der Waals surface area contributed by atoms with Crippen LogP contribution in [0.1, 0.15) is 33.6 Å². The Morgan fingerprint density at radius 3 is 2.75 bits per heavy atom. The zero-order valence-corrected chi connectivity index (χ0v) is 10.4. The molecule has 0 bridgehead atoms. The van der Waals surface area contributed by atoms with Crippen molar-refractivity contribution in [3.05, 3.63) is 0 Å². The molecule has 1 saturated carbocycles. The second-order valence-corrected chi connectivity index (χ2v) is 5.91. The minimum absolute atomic E-state index is 0.273. The third-order valence-corrected chi connectivity index (χ3v) is 3.46. The van der Waals surface area contributed by atoms with Crippen LogP contribution in [0.3, 0.4) is 0 Å². The Hall–Kier alpha value is -0.770. The maximum absolute atomic E-state index is 11.6. The van der Waals surface area contributed by atoms with Crippen LogP contribution in [0.25, 0.3) is 0 Å². The molecule has 16 heavy (non-hydrogen) atoms. The molecule has 2 aliphatic rings. The maximum atomic E-state index is 11.6. The summed E-state index contributed by atoms with van der Waals surface area (Å²) in [4.78, 5) is 11.6. The summed E-state index contributed by atoms with van der Waals surface area (Å²) in [6.45, 7) is 7.81. The fourth-order valence-electron chi connectivity index (χ4n) is 2.79. The van der Waals surface area contributed by atoms with Gasteiger partial charge in [-0.2, -0.15) is 0 Å². The topological polar surface area (TPSA) is 50.4 Å². The van der Waals surface area contributed by atoms with Crippen molar-refractivity contribution in [2.45, 2.75) is 45.3 Å². The molecule has 3 atom stereocenters. The predicted molar refractivity (Wildman–Crippen MR) is 62.2 cm³/mol. The second kappa shape index (κ2) is 4.24. The highest BCUT2D eigenvalue weighted by molar-refractivity contribution is 5.68. The summed E-state index contributed by atoms with van der Waals surface area (Å²) >= 11 is 0. The molecule has 0 radical (unpaired) electrons. The van der Waals surface area contributed by atoms with Gasteiger partial charge in [-0.05, 0) is 52.0 Å². The van der Waals surface area contributed by atoms with Crippen LogP contribution in [0.5, 0.6) is 0 Å². The van der Waals surface area contributed by atoms with Crippen molar-refractivity contribution in [3.8, 4) is 0 Å². The summed E-state index contributed by atoms with van der Waals surface area (Å²) in [6, 6.07) is 0.301. The third kappa shape index (κ3) is 2.67. The van der Waals surface area contributed by atoms with Gasteiger partial charge in [0.25, 0.3) is 0 Å². The van der Waals surface area contributed by atoms with E-state index in [-0.39, 0.29) is 6.09 Å². The third-order valence-electron chi connectivity index (χ3n) is 3.46. The summed E-state index contributed by atoms with van der Waals surface area (Å²) in [5.74, 6) is 1.35. The van der Waals surface area contributed by atoms with Crippen molar-refractivity contribution in [2.75, 3.05) is 13.1 Å². The van der Waals surface area contributed by atoms with Gasteiger partial charge in [0.1, 0.15) is 5.60 Å². The number of rotatable bonds is 1. The number of ether oxygens (including phenoxy) is 1. The second-order valence-electron chi connectivity index (χ2n) is 5.91. The fraction of sp³-hybridized carbons (Fsp3) is 0.917. The number of hydrogen-bond acceptors (Lipinski definition) is 3. The van der Waals surface area contributed by atoms with Crippen LogP contribution >= 0.6 is 0 Å². The van der Waals surface area contributed by atoms with Crippen molar-refractivity contribution >= 4 is 6.09 Å². The van der Waals surface area contributed by atoms with Gasteiger partial charge in [0, 0.05) is 12.6 Å². The van der Waals surface area contributed by atoms with Crippen LogP contribution in [-0.4, -0.2) is 30.8 Å². The fourth-order valence-corrected chi connectivity index (χ4v) is 2.79. The predicted octanol–water partition coefficient (Wildman–Crippen LogP) is 1.51. The van der Waals surface area contributed by atoms with Gasteiger partial charge in [0.05, 0.1) is 0 Å². The summed E-state index contributed by atoms with van der Waals surface area (Å²) < 4.78 is 5.28. The molecule has 0 unspecified atom stereocenters. The molecule has 4 heteroatoms. The number of alkyl carbamates (subject to hydrolysis) is 1. The van der Waals surface area contributed by atoms with E-state index in [1.807, 2.05) is 20.8 Å². The molecule has 1 amide bonds. The lowest BCUT2D eigenvalue weighted by Gasteiger charge is -2.24. The Balaban J connectivity index is 1.83. The zero-order chi connectivity index (χ0) is 11.8. The van der Waals surface area contributed by atoms with Crippen molar-refractivity contribution < 1.29 is 9.53 Å². The van der Waals surface area contributed by atoms with Gasteiger partial charge in [0.15, 0.2) is 0 Å². The van der Waals surface area contributed by atoms with Crippen LogP contribution in [0.4, 0.5) is 4.79 Å². The van der Waals surface area contributed by atoms with E-state index in [4.69, 9.17) is 4.74 Å². The van der Waals surface area contributed by atoms with Gasteiger partial charge in [-0.15, -0.1) is 0 Å². The number of nitrogens with one attached hydrogen (secondary N) is 2. The minimum Gasteiger partial charge on any atom is -0.444 e. The maximum Gasteiger partial charge on any atom is 0.407 e. The molecule has 2 N–H and O–H groups in total. The van der Waals surface area contributed by atoms with E-state index in [9.17, 15) is 4.79 Å². The number of amides is 1. The van der Waals surface area contributed by atoms with E-state index in [0.717, 1.165) is 25.4 Å². The van der Waals surface area contributed by atoms with Gasteiger partial charge >= 0.3 is 6.09 Å². The SMILES string of the molecule is CC(C)(C)OC(=O)N[C@@H]1CC[C@H]2CNC[C@H]21. The van der Waals surface area contributed by atoms with E-state index >= 15 is 0 Å². The van der Waals surface area contributed by atoms with E-state index < -0.39 is 5.60 Å². The number of fused-ring (bicyclic) bond motifs is 1. The first-order valence-electron chi connectivity index (χ1n) is 6.16. The molecule has 0 aromatic heterocycles. The number of carbonyl (C=O) groups is 1. The highest BCUT2D eigenvalue weighted by Crippen LogP contribution is 2.34. The smallest absolute Gasteiger partial charge is 0.407 e. The molecule has 1 aliphatic carbocycles. The van der Waals surface area contributed by atoms with Gasteiger partial charge < -0.3 is 15.4 Å². The summed E-state index contributed by atoms with van der Waals surface area (Å²) in [6.07, 6.45) is 2.04. The first-order valence-corrected chi connectivity index (χ1v) is 6.16. The van der Waals surface area contributed by atoms with E-state index in [1.165, 1.54) is 6.42 Å². The molecule has 1 saturated heterocycles. The lowest BCUT2D eigenvalue weighted by Crippen LogP contribution is -2.42. The summed E-state index contributed by atoms with van der Waals surface area (Å²) in [5, 5.41) is 6.39. The first kappa shape index (κ1) is 11.7. The molecular weight excluding hydrogens is 204 g/mol. The minimum atomic E-state index is -0.407. The van der Waals surface area contributed by atoms with Crippen molar-refractivity contribution in [3.63, 3.8) is 0 Å².